The Balaban J connectivity index is 1.84. The summed E-state index contributed by atoms with van der Waals surface area (Å²) in [5, 5.41) is 0. The number of halogens is 3. The maximum absolute atomic E-state index is 13.1. The molecular weight excluding hydrogens is 529 g/mol. The summed E-state index contributed by atoms with van der Waals surface area (Å²) >= 11 is 0. The lowest BCUT2D eigenvalue weighted by Crippen LogP contribution is -2.33. The van der Waals surface area contributed by atoms with Crippen LogP contribution < -0.4 is 4.18 Å². The van der Waals surface area contributed by atoms with Gasteiger partial charge in [0.1, 0.15) is 0 Å². The summed E-state index contributed by atoms with van der Waals surface area (Å²) < 4.78 is 72.7. The molecule has 0 heterocycles. The van der Waals surface area contributed by atoms with Crippen LogP contribution in [0.3, 0.4) is 0 Å². The van der Waals surface area contributed by atoms with Gasteiger partial charge in [0.2, 0.25) is 0 Å². The molecule has 1 aliphatic carbocycles. The number of ether oxygens (including phenoxy) is 1. The summed E-state index contributed by atoms with van der Waals surface area (Å²) in [5.41, 5.74) is -0.896. The number of esters is 1. The van der Waals surface area contributed by atoms with Crippen LogP contribution in [0.2, 0.25) is 0 Å². The Labute approximate surface area is 227 Å². The molecule has 0 saturated carbocycles. The fourth-order valence-corrected chi connectivity index (χ4v) is 5.42. The van der Waals surface area contributed by atoms with Crippen LogP contribution in [0, 0.1) is 0 Å². The lowest BCUT2D eigenvalue weighted by Gasteiger charge is -2.42. The Hall–Kier alpha value is -3.33. The minimum absolute atomic E-state index is 0.0128. The molecule has 3 aromatic carbocycles. The first-order valence-electron chi connectivity index (χ1n) is 12.6. The normalized spacial score (nSPS) is 16.3. The third-order valence-electron chi connectivity index (χ3n) is 7.36. The van der Waals surface area contributed by atoms with Crippen LogP contribution in [-0.2, 0) is 25.7 Å². The lowest BCUT2D eigenvalue weighted by atomic mass is 9.63. The number of carbonyl (C=O) groups is 1. The molecule has 4 rings (SSSR count). The topological polar surface area (TPSA) is 69.7 Å². The number of alkyl halides is 3. The van der Waals surface area contributed by atoms with Gasteiger partial charge in [-0.25, -0.2) is 4.79 Å². The summed E-state index contributed by atoms with van der Waals surface area (Å²) in [6.45, 7) is 10.7. The van der Waals surface area contributed by atoms with E-state index < -0.39 is 27.3 Å². The second-order valence-electron chi connectivity index (χ2n) is 11.0. The molecule has 0 fully saturated rings. The first kappa shape index (κ1) is 28.7. The van der Waals surface area contributed by atoms with E-state index in [4.69, 9.17) is 4.74 Å². The van der Waals surface area contributed by atoms with Crippen molar-refractivity contribution >= 4 is 16.1 Å². The van der Waals surface area contributed by atoms with Crippen LogP contribution in [0.4, 0.5) is 13.2 Å². The number of hydrogen-bond acceptors (Lipinski definition) is 5. The van der Waals surface area contributed by atoms with E-state index in [1.54, 1.807) is 19.1 Å². The highest BCUT2D eigenvalue weighted by Gasteiger charge is 2.49. The number of hydrogen-bond donors (Lipinski definition) is 0. The van der Waals surface area contributed by atoms with Crippen LogP contribution in [0.5, 0.6) is 5.75 Å². The molecule has 0 N–H and O–H groups in total. The van der Waals surface area contributed by atoms with Crippen LogP contribution >= 0.6 is 0 Å². The van der Waals surface area contributed by atoms with Crippen molar-refractivity contribution in [3.8, 4) is 28.0 Å². The Morgan fingerprint density at radius 3 is 1.95 bits per heavy atom. The molecule has 0 aliphatic heterocycles. The summed E-state index contributed by atoms with van der Waals surface area (Å²) in [5.74, 6) is -1.02. The smallest absolute Gasteiger partial charge is 0.462 e. The summed E-state index contributed by atoms with van der Waals surface area (Å²) in [7, 11) is -5.90. The first-order valence-corrected chi connectivity index (χ1v) is 14.0. The molecule has 39 heavy (non-hydrogen) atoms. The predicted octanol–water partition coefficient (Wildman–Crippen LogP) is 7.77. The van der Waals surface area contributed by atoms with Crippen molar-refractivity contribution in [1.82, 2.24) is 0 Å². The zero-order valence-corrected chi connectivity index (χ0v) is 23.3. The zero-order valence-electron chi connectivity index (χ0n) is 22.5. The Morgan fingerprint density at radius 1 is 0.821 bits per heavy atom. The van der Waals surface area contributed by atoms with Crippen molar-refractivity contribution in [2.24, 2.45) is 0 Å². The van der Waals surface area contributed by atoms with Crippen molar-refractivity contribution in [2.45, 2.75) is 63.8 Å². The molecule has 0 saturated heterocycles. The minimum Gasteiger partial charge on any atom is -0.462 e. The molecule has 9 heteroatoms. The van der Waals surface area contributed by atoms with E-state index in [0.717, 1.165) is 18.4 Å². The molecule has 0 bridgehead atoms. The van der Waals surface area contributed by atoms with Crippen LogP contribution in [0.25, 0.3) is 22.3 Å². The number of carbonyl (C=O) groups excluding carboxylic acids is 1. The van der Waals surface area contributed by atoms with Crippen molar-refractivity contribution in [3.63, 3.8) is 0 Å². The predicted molar refractivity (Wildman–Crippen MR) is 144 cm³/mol. The third-order valence-corrected chi connectivity index (χ3v) is 8.32. The van der Waals surface area contributed by atoms with Gasteiger partial charge in [-0.15, -0.1) is 0 Å². The average Bonchev–Trinajstić information content (AvgIpc) is 2.86. The zero-order chi connectivity index (χ0) is 28.8. The van der Waals surface area contributed by atoms with Crippen molar-refractivity contribution in [2.75, 3.05) is 6.61 Å². The maximum atomic E-state index is 13.1. The molecule has 0 unspecified atom stereocenters. The van der Waals surface area contributed by atoms with E-state index in [9.17, 15) is 26.4 Å². The van der Waals surface area contributed by atoms with Gasteiger partial charge >= 0.3 is 21.6 Å². The highest BCUT2D eigenvalue weighted by Crippen LogP contribution is 2.47. The van der Waals surface area contributed by atoms with Gasteiger partial charge in [0.25, 0.3) is 0 Å². The van der Waals surface area contributed by atoms with E-state index in [0.29, 0.717) is 11.1 Å². The molecule has 1 aliphatic rings. The molecule has 0 amide bonds. The summed E-state index contributed by atoms with van der Waals surface area (Å²) in [4.78, 5) is 12.1. The fourth-order valence-electron chi connectivity index (χ4n) is 4.94. The SMILES string of the molecule is CCOC(=O)c1ccc(-c2cc(-c3ccc4c(c3)C(C)(C)CCC4(C)C)ccc2OS(=O)(=O)C(F)(F)F)cc1. The fraction of sp³-hybridized carbons (Fsp3) is 0.367. The first-order chi connectivity index (χ1) is 18.1. The van der Waals surface area contributed by atoms with Crippen molar-refractivity contribution < 1.29 is 35.3 Å². The second kappa shape index (κ2) is 10.0. The average molecular weight is 561 g/mol. The largest absolute Gasteiger partial charge is 0.534 e. The van der Waals surface area contributed by atoms with Gasteiger partial charge in [0.15, 0.2) is 5.75 Å². The molecular formula is C30H31F3O5S. The summed E-state index contributed by atoms with van der Waals surface area (Å²) in [6, 6.07) is 16.5. The standard InChI is InChI=1S/C30H31F3O5S/c1-6-37-27(34)20-9-7-19(8-10-20)23-17-21(12-14-26(23)38-39(35,36)30(31,32)33)22-11-13-24-25(18-22)29(4,5)16-15-28(24,2)3/h7-14,17-18H,6,15-16H2,1-5H3. The van der Waals surface area contributed by atoms with Gasteiger partial charge < -0.3 is 8.92 Å². The van der Waals surface area contributed by atoms with E-state index in [2.05, 4.69) is 44.0 Å². The molecule has 5 nitrogen and oxygen atoms in total. The van der Waals surface area contributed by atoms with Crippen LogP contribution in [0.1, 0.15) is 68.9 Å². The van der Waals surface area contributed by atoms with E-state index in [-0.39, 0.29) is 28.6 Å². The van der Waals surface area contributed by atoms with E-state index in [1.165, 1.54) is 41.5 Å². The quantitative estimate of drug-likeness (QED) is 0.175. The van der Waals surface area contributed by atoms with Gasteiger partial charge in [-0.05, 0) is 82.7 Å². The monoisotopic (exact) mass is 560 g/mol. The van der Waals surface area contributed by atoms with Crippen LogP contribution in [-0.4, -0.2) is 26.5 Å². The molecule has 208 valence electrons. The van der Waals surface area contributed by atoms with Gasteiger partial charge in [0.05, 0.1) is 12.2 Å². The summed E-state index contributed by atoms with van der Waals surface area (Å²) in [6.07, 6.45) is 2.06. The van der Waals surface area contributed by atoms with Gasteiger partial charge in [-0.3, -0.25) is 0 Å². The van der Waals surface area contributed by atoms with Gasteiger partial charge in [-0.1, -0.05) is 64.1 Å². The second-order valence-corrected chi connectivity index (χ2v) is 12.6. The Bertz CT molecular complexity index is 1500. The van der Waals surface area contributed by atoms with Gasteiger partial charge in [0, 0.05) is 5.56 Å². The molecule has 0 spiro atoms. The maximum Gasteiger partial charge on any atom is 0.534 e. The van der Waals surface area contributed by atoms with E-state index in [1.807, 2.05) is 6.07 Å². The van der Waals surface area contributed by atoms with Crippen molar-refractivity contribution in [3.05, 3.63) is 77.4 Å². The number of rotatable bonds is 6. The van der Waals surface area contributed by atoms with Crippen LogP contribution in [0.15, 0.2) is 60.7 Å². The Morgan fingerprint density at radius 2 is 1.36 bits per heavy atom. The lowest BCUT2D eigenvalue weighted by molar-refractivity contribution is -0.0499. The molecule has 0 aromatic heterocycles. The van der Waals surface area contributed by atoms with Crippen molar-refractivity contribution in [1.29, 1.82) is 0 Å². The minimum atomic E-state index is -5.90. The third kappa shape index (κ3) is 5.69. The Kier molecular flexibility index (Phi) is 7.36. The molecule has 0 atom stereocenters. The molecule has 3 aromatic rings. The molecule has 0 radical (unpaired) electrons. The highest BCUT2D eigenvalue weighted by molar-refractivity contribution is 7.88. The number of benzene rings is 3. The van der Waals surface area contributed by atoms with Gasteiger partial charge in [-0.2, -0.15) is 21.6 Å². The van der Waals surface area contributed by atoms with E-state index >= 15 is 0 Å². The number of fused-ring (bicyclic) bond motifs is 1. The highest BCUT2D eigenvalue weighted by atomic mass is 32.2.